The topological polar surface area (TPSA) is 81.2 Å². The van der Waals surface area contributed by atoms with Crippen LogP contribution < -0.4 is 5.73 Å². The minimum atomic E-state index is -3.53. The van der Waals surface area contributed by atoms with Gasteiger partial charge >= 0.3 is 0 Å². The molecule has 0 saturated heterocycles. The van der Waals surface area contributed by atoms with Crippen LogP contribution in [0.4, 0.5) is 0 Å². The minimum Gasteiger partial charge on any atom is -0.329 e. The number of nitrogens with zero attached hydrogens (tertiary/aromatic N) is 3. The van der Waals surface area contributed by atoms with Crippen molar-refractivity contribution >= 4 is 10.0 Å². The summed E-state index contributed by atoms with van der Waals surface area (Å²) in [5, 5.41) is 3.89. The second-order valence-electron chi connectivity index (χ2n) is 3.19. The van der Waals surface area contributed by atoms with Gasteiger partial charge in [0.15, 0.2) is 0 Å². The summed E-state index contributed by atoms with van der Waals surface area (Å²) in [6, 6.07) is 0. The molecule has 1 aromatic rings. The Hall–Kier alpha value is -1.36. The van der Waals surface area contributed by atoms with Crippen LogP contribution in [0.3, 0.4) is 0 Å². The second-order valence-corrected chi connectivity index (χ2v) is 5.24. The van der Waals surface area contributed by atoms with Crippen LogP contribution in [0.2, 0.25) is 0 Å². The minimum absolute atomic E-state index is 0.0321. The van der Waals surface area contributed by atoms with Crippen LogP contribution in [0.25, 0.3) is 0 Å². The van der Waals surface area contributed by atoms with Crippen LogP contribution in [-0.2, 0) is 16.6 Å². The molecule has 0 amide bonds. The van der Waals surface area contributed by atoms with Crippen molar-refractivity contribution < 1.29 is 8.42 Å². The molecule has 1 heterocycles. The maximum absolute atomic E-state index is 11.9. The Labute approximate surface area is 95.1 Å². The molecule has 0 spiro atoms. The van der Waals surface area contributed by atoms with E-state index in [4.69, 9.17) is 12.2 Å². The predicted octanol–water partition coefficient (Wildman–Crippen LogP) is -0.904. The molecular formula is C9H14N4O2S. The molecule has 0 radical (unpaired) electrons. The maximum Gasteiger partial charge on any atom is 0.246 e. The van der Waals surface area contributed by atoms with Crippen LogP contribution in [0.1, 0.15) is 0 Å². The molecule has 0 bridgehead atoms. The van der Waals surface area contributed by atoms with Crippen LogP contribution in [0.15, 0.2) is 17.3 Å². The Balaban J connectivity index is 2.95. The lowest BCUT2D eigenvalue weighted by Gasteiger charge is -2.11. The van der Waals surface area contributed by atoms with Gasteiger partial charge in [0.05, 0.1) is 19.3 Å². The summed E-state index contributed by atoms with van der Waals surface area (Å²) in [5.41, 5.74) is 5.34. The van der Waals surface area contributed by atoms with Gasteiger partial charge in [-0.1, -0.05) is 5.92 Å². The van der Waals surface area contributed by atoms with Crippen LogP contribution in [0, 0.1) is 12.3 Å². The van der Waals surface area contributed by atoms with Crippen molar-refractivity contribution in [2.24, 2.45) is 5.73 Å². The predicted molar refractivity (Wildman–Crippen MR) is 59.9 cm³/mol. The van der Waals surface area contributed by atoms with Crippen LogP contribution in [0.5, 0.6) is 0 Å². The molecule has 1 rings (SSSR count). The van der Waals surface area contributed by atoms with E-state index in [0.29, 0.717) is 13.1 Å². The van der Waals surface area contributed by atoms with Gasteiger partial charge in [0, 0.05) is 19.8 Å². The Kier molecular flexibility index (Phi) is 4.06. The molecule has 7 heteroatoms. The van der Waals surface area contributed by atoms with E-state index in [0.717, 1.165) is 4.31 Å². The van der Waals surface area contributed by atoms with Gasteiger partial charge in [0.2, 0.25) is 10.0 Å². The highest BCUT2D eigenvalue weighted by Crippen LogP contribution is 2.12. The van der Waals surface area contributed by atoms with E-state index in [9.17, 15) is 8.42 Å². The normalized spacial score (nSPS) is 11.6. The Morgan fingerprint density at radius 2 is 2.38 bits per heavy atom. The molecule has 0 aliphatic heterocycles. The number of rotatable bonds is 5. The third-order valence-corrected chi connectivity index (χ3v) is 3.75. The number of hydrogen-bond acceptors (Lipinski definition) is 4. The van der Waals surface area contributed by atoms with E-state index in [1.165, 1.54) is 24.1 Å². The SMILES string of the molecule is C#CCN(C)S(=O)(=O)c1cnn(CCN)c1. The first kappa shape index (κ1) is 12.7. The van der Waals surface area contributed by atoms with Crippen LogP contribution >= 0.6 is 0 Å². The van der Waals surface area contributed by atoms with Gasteiger partial charge < -0.3 is 5.73 Å². The number of hydrogen-bond donors (Lipinski definition) is 1. The molecule has 0 aliphatic carbocycles. The van der Waals surface area contributed by atoms with E-state index in [1.807, 2.05) is 0 Å². The average molecular weight is 242 g/mol. The highest BCUT2D eigenvalue weighted by molar-refractivity contribution is 7.89. The van der Waals surface area contributed by atoms with Gasteiger partial charge in [-0.15, -0.1) is 6.42 Å². The Morgan fingerprint density at radius 1 is 1.69 bits per heavy atom. The van der Waals surface area contributed by atoms with Crippen molar-refractivity contribution in [1.29, 1.82) is 0 Å². The Morgan fingerprint density at radius 3 is 2.94 bits per heavy atom. The fourth-order valence-electron chi connectivity index (χ4n) is 1.13. The monoisotopic (exact) mass is 242 g/mol. The quantitative estimate of drug-likeness (QED) is 0.678. The molecule has 0 unspecified atom stereocenters. The summed E-state index contributed by atoms with van der Waals surface area (Å²) in [5.74, 6) is 2.27. The fraction of sp³-hybridized carbons (Fsp3) is 0.444. The molecule has 88 valence electrons. The highest BCUT2D eigenvalue weighted by Gasteiger charge is 2.21. The summed E-state index contributed by atoms with van der Waals surface area (Å²) < 4.78 is 26.3. The van der Waals surface area contributed by atoms with E-state index in [2.05, 4.69) is 11.0 Å². The summed E-state index contributed by atoms with van der Waals surface area (Å²) >= 11 is 0. The molecule has 0 atom stereocenters. The van der Waals surface area contributed by atoms with Crippen molar-refractivity contribution in [3.8, 4) is 12.3 Å². The third-order valence-electron chi connectivity index (χ3n) is 1.99. The van der Waals surface area contributed by atoms with Crippen molar-refractivity contribution in [3.05, 3.63) is 12.4 Å². The van der Waals surface area contributed by atoms with Crippen LogP contribution in [-0.4, -0.2) is 42.6 Å². The second kappa shape index (κ2) is 5.12. The summed E-state index contributed by atoms with van der Waals surface area (Å²) in [6.07, 6.45) is 7.79. The molecule has 1 aromatic heterocycles. The van der Waals surface area contributed by atoms with E-state index in [-0.39, 0.29) is 11.4 Å². The lowest BCUT2D eigenvalue weighted by molar-refractivity contribution is 0.502. The molecule has 16 heavy (non-hydrogen) atoms. The number of sulfonamides is 1. The van der Waals surface area contributed by atoms with Gasteiger partial charge in [-0.2, -0.15) is 9.40 Å². The molecule has 6 nitrogen and oxygen atoms in total. The first-order valence-electron chi connectivity index (χ1n) is 4.64. The maximum atomic E-state index is 11.9. The molecular weight excluding hydrogens is 228 g/mol. The van der Waals surface area contributed by atoms with Crippen molar-refractivity contribution in [2.45, 2.75) is 11.4 Å². The molecule has 0 fully saturated rings. The van der Waals surface area contributed by atoms with Crippen molar-refractivity contribution in [1.82, 2.24) is 14.1 Å². The van der Waals surface area contributed by atoms with Gasteiger partial charge in [0.1, 0.15) is 4.90 Å². The summed E-state index contributed by atoms with van der Waals surface area (Å²) in [6.45, 7) is 0.917. The largest absolute Gasteiger partial charge is 0.329 e. The van der Waals surface area contributed by atoms with Crippen molar-refractivity contribution in [2.75, 3.05) is 20.1 Å². The number of aromatic nitrogens is 2. The van der Waals surface area contributed by atoms with E-state index >= 15 is 0 Å². The average Bonchev–Trinajstić information content (AvgIpc) is 2.68. The number of nitrogens with two attached hydrogens (primary N) is 1. The van der Waals surface area contributed by atoms with Gasteiger partial charge in [0.25, 0.3) is 0 Å². The zero-order chi connectivity index (χ0) is 12.2. The lowest BCUT2D eigenvalue weighted by atomic mass is 10.6. The number of terminal acetylenes is 1. The fourth-order valence-corrected chi connectivity index (χ4v) is 2.17. The Bertz CT molecular complexity index is 486. The standard InChI is InChI=1S/C9H14N4O2S/c1-3-5-12(2)16(14,15)9-7-11-13(8-9)6-4-10/h1,7-8H,4-6,10H2,2H3. The lowest BCUT2D eigenvalue weighted by Crippen LogP contribution is -2.27. The molecule has 2 N–H and O–H groups in total. The third kappa shape index (κ3) is 2.61. The summed E-state index contributed by atoms with van der Waals surface area (Å²) in [7, 11) is -2.11. The van der Waals surface area contributed by atoms with Gasteiger partial charge in [-0.3, -0.25) is 4.68 Å². The zero-order valence-electron chi connectivity index (χ0n) is 9.00. The van der Waals surface area contributed by atoms with E-state index in [1.54, 1.807) is 0 Å². The highest BCUT2D eigenvalue weighted by atomic mass is 32.2. The smallest absolute Gasteiger partial charge is 0.246 e. The molecule has 0 aromatic carbocycles. The summed E-state index contributed by atoms with van der Waals surface area (Å²) in [4.78, 5) is 0.124. The first-order chi connectivity index (χ1) is 7.52. The van der Waals surface area contributed by atoms with Gasteiger partial charge in [-0.25, -0.2) is 8.42 Å². The zero-order valence-corrected chi connectivity index (χ0v) is 9.81. The van der Waals surface area contributed by atoms with Crippen molar-refractivity contribution in [3.63, 3.8) is 0 Å². The first-order valence-corrected chi connectivity index (χ1v) is 6.08. The van der Waals surface area contributed by atoms with Gasteiger partial charge in [-0.05, 0) is 0 Å². The molecule has 0 aliphatic rings. The molecule has 0 saturated carbocycles. The van der Waals surface area contributed by atoms with E-state index < -0.39 is 10.0 Å².